The number of ketones is 2. The standard InChI is InChI=1S/2C24H21FN4O3/c1-29-20-7-4-17(25)14-19(20)28-23(29)22(30)16-2-5-18(6-3-16)32-24-21(26-10-11-27-24)15-8-12-31-13-9-15;1-29-20-14-17(25)4-7-19(20)28-23(29)22(30)16-2-5-18(6-3-16)32-24-21(26-10-11-27-24)15-8-12-31-13-9-15/h2*2-7,10-11,14-15H,8-9,12-13H2,1H3. The molecule has 0 radical (unpaired) electrons. The summed E-state index contributed by atoms with van der Waals surface area (Å²) in [5, 5.41) is 0. The number of carbonyl (C=O) groups excluding carboxylic acids is 2. The quantitative estimate of drug-likeness (QED) is 0.121. The number of fused-ring (bicyclic) bond motifs is 2. The van der Waals surface area contributed by atoms with Gasteiger partial charge >= 0.3 is 0 Å². The molecule has 2 fully saturated rings. The van der Waals surface area contributed by atoms with Crippen molar-refractivity contribution in [3.8, 4) is 23.3 Å². The molecule has 4 aromatic heterocycles. The molecule has 0 aliphatic carbocycles. The highest BCUT2D eigenvalue weighted by Gasteiger charge is 2.25. The SMILES string of the molecule is Cn1c(C(=O)c2ccc(Oc3nccnc3C3CCOCC3)cc2)nc2cc(F)ccc21.Cn1c(C(=O)c2ccc(Oc3nccnc3C3CCOCC3)cc2)nc2ccc(F)cc21. The fourth-order valence-electron chi connectivity index (χ4n) is 7.90. The molecule has 8 aromatic rings. The summed E-state index contributed by atoms with van der Waals surface area (Å²) in [6, 6.07) is 22.2. The lowest BCUT2D eigenvalue weighted by Gasteiger charge is -2.22. The Balaban J connectivity index is 0.000000162. The van der Waals surface area contributed by atoms with Gasteiger partial charge in [-0.25, -0.2) is 28.7 Å². The number of rotatable bonds is 10. The molecule has 64 heavy (non-hydrogen) atoms. The van der Waals surface area contributed by atoms with E-state index in [1.807, 2.05) is 0 Å². The molecule has 0 unspecified atom stereocenters. The number of aromatic nitrogens is 8. The molecule has 16 heteroatoms. The predicted molar refractivity (Wildman–Crippen MR) is 231 cm³/mol. The Morgan fingerprint density at radius 2 is 0.984 bits per heavy atom. The summed E-state index contributed by atoms with van der Waals surface area (Å²) in [7, 11) is 3.44. The molecule has 0 bridgehead atoms. The maximum absolute atomic E-state index is 13.6. The minimum absolute atomic E-state index is 0.245. The summed E-state index contributed by atoms with van der Waals surface area (Å²) in [6.07, 6.45) is 10.1. The topological polar surface area (TPSA) is 158 Å². The van der Waals surface area contributed by atoms with Gasteiger partial charge in [-0.1, -0.05) is 0 Å². The molecule has 0 spiro atoms. The Bertz CT molecular complexity index is 2850. The van der Waals surface area contributed by atoms with Crippen molar-refractivity contribution in [2.75, 3.05) is 26.4 Å². The van der Waals surface area contributed by atoms with Crippen LogP contribution in [-0.4, -0.2) is 77.0 Å². The average Bonchev–Trinajstić information content (AvgIpc) is 3.84. The summed E-state index contributed by atoms with van der Waals surface area (Å²) in [5.74, 6) is 1.77. The summed E-state index contributed by atoms with van der Waals surface area (Å²) in [6.45, 7) is 2.80. The molecular formula is C48H42F2N8O6. The third-order valence-corrected chi connectivity index (χ3v) is 11.4. The van der Waals surface area contributed by atoms with E-state index in [9.17, 15) is 18.4 Å². The minimum Gasteiger partial charge on any atom is -0.437 e. The first-order valence-electron chi connectivity index (χ1n) is 20.9. The zero-order chi connectivity index (χ0) is 44.2. The summed E-state index contributed by atoms with van der Waals surface area (Å²) >= 11 is 0. The fraction of sp³-hybridized carbons (Fsp3) is 0.250. The van der Waals surface area contributed by atoms with Crippen LogP contribution in [0.5, 0.6) is 23.3 Å². The van der Waals surface area contributed by atoms with E-state index in [-0.39, 0.29) is 46.7 Å². The van der Waals surface area contributed by atoms with Gasteiger partial charge in [0.05, 0.1) is 22.1 Å². The molecule has 2 aliphatic rings. The van der Waals surface area contributed by atoms with Crippen molar-refractivity contribution in [2.45, 2.75) is 37.5 Å². The van der Waals surface area contributed by atoms with E-state index in [1.54, 1.807) is 109 Å². The highest BCUT2D eigenvalue weighted by atomic mass is 19.1. The number of nitrogens with zero attached hydrogens (tertiary/aromatic N) is 8. The number of hydrogen-bond donors (Lipinski definition) is 0. The number of imidazole rings is 2. The van der Waals surface area contributed by atoms with E-state index in [4.69, 9.17) is 18.9 Å². The van der Waals surface area contributed by atoms with Gasteiger partial charge < -0.3 is 28.1 Å². The lowest BCUT2D eigenvalue weighted by atomic mass is 9.96. The van der Waals surface area contributed by atoms with Gasteiger partial charge in [-0.2, -0.15) is 0 Å². The van der Waals surface area contributed by atoms with Gasteiger partial charge in [-0.15, -0.1) is 0 Å². The number of carbonyl (C=O) groups is 2. The van der Waals surface area contributed by atoms with Crippen molar-refractivity contribution in [3.05, 3.63) is 156 Å². The Labute approximate surface area is 365 Å². The van der Waals surface area contributed by atoms with Crippen LogP contribution in [0, 0.1) is 11.6 Å². The van der Waals surface area contributed by atoms with Crippen molar-refractivity contribution >= 4 is 33.6 Å². The molecule has 6 heterocycles. The van der Waals surface area contributed by atoms with Crippen LogP contribution in [0.1, 0.15) is 81.3 Å². The van der Waals surface area contributed by atoms with Gasteiger partial charge in [0.2, 0.25) is 23.3 Å². The molecule has 0 saturated carbocycles. The van der Waals surface area contributed by atoms with Gasteiger partial charge in [0.25, 0.3) is 0 Å². The van der Waals surface area contributed by atoms with Crippen LogP contribution in [-0.2, 0) is 23.6 Å². The average molecular weight is 865 g/mol. The van der Waals surface area contributed by atoms with E-state index in [0.29, 0.717) is 82.9 Å². The van der Waals surface area contributed by atoms with Crippen LogP contribution in [0.2, 0.25) is 0 Å². The fourth-order valence-corrected chi connectivity index (χ4v) is 7.90. The Morgan fingerprint density at radius 1 is 0.547 bits per heavy atom. The van der Waals surface area contributed by atoms with E-state index in [0.717, 1.165) is 37.1 Å². The lowest BCUT2D eigenvalue weighted by molar-refractivity contribution is 0.0838. The Morgan fingerprint density at radius 3 is 1.50 bits per heavy atom. The maximum Gasteiger partial charge on any atom is 0.241 e. The van der Waals surface area contributed by atoms with Crippen LogP contribution >= 0.6 is 0 Å². The number of halogens is 2. The largest absolute Gasteiger partial charge is 0.437 e. The first-order chi connectivity index (χ1) is 31.2. The van der Waals surface area contributed by atoms with Crippen molar-refractivity contribution < 1.29 is 37.3 Å². The number of benzene rings is 4. The van der Waals surface area contributed by atoms with Gasteiger partial charge in [0.15, 0.2) is 11.6 Å². The second kappa shape index (κ2) is 18.6. The number of aryl methyl sites for hydroxylation is 2. The van der Waals surface area contributed by atoms with Crippen molar-refractivity contribution in [2.24, 2.45) is 14.1 Å². The third kappa shape index (κ3) is 8.96. The normalized spacial score (nSPS) is 14.6. The molecule has 0 amide bonds. The van der Waals surface area contributed by atoms with Crippen molar-refractivity contribution in [1.82, 2.24) is 39.0 Å². The van der Waals surface area contributed by atoms with E-state index < -0.39 is 0 Å². The zero-order valence-corrected chi connectivity index (χ0v) is 35.0. The predicted octanol–water partition coefficient (Wildman–Crippen LogP) is 8.84. The van der Waals surface area contributed by atoms with Crippen molar-refractivity contribution in [1.29, 1.82) is 0 Å². The van der Waals surface area contributed by atoms with Crippen LogP contribution in [0.3, 0.4) is 0 Å². The zero-order valence-electron chi connectivity index (χ0n) is 35.0. The third-order valence-electron chi connectivity index (χ3n) is 11.4. The van der Waals surface area contributed by atoms with Gasteiger partial charge in [0, 0.05) is 94.3 Å². The monoisotopic (exact) mass is 864 g/mol. The van der Waals surface area contributed by atoms with E-state index in [1.165, 1.54) is 24.3 Å². The van der Waals surface area contributed by atoms with Crippen LogP contribution in [0.4, 0.5) is 8.78 Å². The highest BCUT2D eigenvalue weighted by Crippen LogP contribution is 2.35. The minimum atomic E-state index is -0.389. The van der Waals surface area contributed by atoms with Crippen LogP contribution < -0.4 is 9.47 Å². The second-order valence-corrected chi connectivity index (χ2v) is 15.4. The van der Waals surface area contributed by atoms with Gasteiger partial charge in [-0.3, -0.25) is 19.6 Å². The smallest absolute Gasteiger partial charge is 0.241 e. The number of ether oxygens (including phenoxy) is 4. The maximum atomic E-state index is 13.6. The summed E-state index contributed by atoms with van der Waals surface area (Å²) in [5.41, 5.74) is 4.83. The van der Waals surface area contributed by atoms with E-state index >= 15 is 0 Å². The molecule has 0 atom stereocenters. The molecule has 4 aromatic carbocycles. The van der Waals surface area contributed by atoms with Crippen LogP contribution in [0.15, 0.2) is 110 Å². The molecule has 14 nitrogen and oxygen atoms in total. The first kappa shape index (κ1) is 42.0. The van der Waals surface area contributed by atoms with E-state index in [2.05, 4.69) is 29.9 Å². The van der Waals surface area contributed by atoms with Crippen LogP contribution in [0.25, 0.3) is 22.1 Å². The Kier molecular flexibility index (Phi) is 12.2. The molecular weight excluding hydrogens is 823 g/mol. The molecule has 0 N–H and O–H groups in total. The molecule has 2 aliphatic heterocycles. The van der Waals surface area contributed by atoms with Crippen molar-refractivity contribution in [3.63, 3.8) is 0 Å². The van der Waals surface area contributed by atoms with Gasteiger partial charge in [0.1, 0.15) is 34.5 Å². The highest BCUT2D eigenvalue weighted by molar-refractivity contribution is 6.09. The Hall–Kier alpha value is -7.30. The lowest BCUT2D eigenvalue weighted by Crippen LogP contribution is -2.16. The number of hydrogen-bond acceptors (Lipinski definition) is 12. The van der Waals surface area contributed by atoms with Gasteiger partial charge in [-0.05, 0) is 105 Å². The molecule has 2 saturated heterocycles. The molecule has 324 valence electrons. The first-order valence-corrected chi connectivity index (χ1v) is 20.9. The molecule has 10 rings (SSSR count). The summed E-state index contributed by atoms with van der Waals surface area (Å²) < 4.78 is 53.2. The summed E-state index contributed by atoms with van der Waals surface area (Å²) in [4.78, 5) is 52.4. The second-order valence-electron chi connectivity index (χ2n) is 15.4.